The number of rotatable bonds is 3. The van der Waals surface area contributed by atoms with Gasteiger partial charge in [0.15, 0.2) is 0 Å². The fourth-order valence-corrected chi connectivity index (χ4v) is 4.65. The lowest BCUT2D eigenvalue weighted by Gasteiger charge is -2.31. The first-order valence-electron chi connectivity index (χ1n) is 8.42. The van der Waals surface area contributed by atoms with Crippen molar-refractivity contribution >= 4 is 43.4 Å². The number of benzene rings is 2. The molecule has 1 aliphatic rings. The van der Waals surface area contributed by atoms with Gasteiger partial charge in [0.2, 0.25) is 0 Å². The monoisotopic (exact) mass is 416 g/mol. The van der Waals surface area contributed by atoms with E-state index >= 15 is 0 Å². The smallest absolute Gasteiger partial charge is 0.254 e. The van der Waals surface area contributed by atoms with Gasteiger partial charge < -0.3 is 9.80 Å². The molecule has 1 saturated heterocycles. The van der Waals surface area contributed by atoms with E-state index in [1.54, 1.807) is 11.3 Å². The summed E-state index contributed by atoms with van der Waals surface area (Å²) in [5.41, 5.74) is 1.84. The van der Waals surface area contributed by atoms with Crippen LogP contribution < -0.4 is 4.90 Å². The average Bonchev–Trinajstić information content (AvgIpc) is 3.04. The highest BCUT2D eigenvalue weighted by molar-refractivity contribution is 9.10. The Kier molecular flexibility index (Phi) is 4.83. The van der Waals surface area contributed by atoms with Crippen molar-refractivity contribution in [2.45, 2.75) is 6.54 Å². The van der Waals surface area contributed by atoms with E-state index in [1.165, 1.54) is 14.6 Å². The molecule has 0 spiro atoms. The molecule has 25 heavy (non-hydrogen) atoms. The largest absolute Gasteiger partial charge is 0.327 e. The van der Waals surface area contributed by atoms with Crippen LogP contribution >= 0.6 is 27.3 Å². The highest BCUT2D eigenvalue weighted by atomic mass is 79.9. The minimum absolute atomic E-state index is 0.125. The molecule has 1 aromatic heterocycles. The van der Waals surface area contributed by atoms with Crippen LogP contribution in [-0.4, -0.2) is 42.0 Å². The molecule has 0 saturated carbocycles. The number of nitrogens with zero attached hydrogens (tertiary/aromatic N) is 2. The Bertz CT molecular complexity index is 869. The number of halogens is 1. The van der Waals surface area contributed by atoms with Gasteiger partial charge in [0.05, 0.1) is 36.4 Å². The first-order chi connectivity index (χ1) is 12.2. The van der Waals surface area contributed by atoms with Crippen molar-refractivity contribution in [3.05, 3.63) is 63.6 Å². The van der Waals surface area contributed by atoms with Gasteiger partial charge in [-0.2, -0.15) is 0 Å². The second kappa shape index (κ2) is 7.23. The van der Waals surface area contributed by atoms with Gasteiger partial charge in [-0.3, -0.25) is 4.79 Å². The average molecular weight is 417 g/mol. The Morgan fingerprint density at radius 1 is 1.16 bits per heavy atom. The molecule has 2 aromatic carbocycles. The number of thiazole rings is 1. The number of aromatic nitrogens is 1. The van der Waals surface area contributed by atoms with E-state index in [9.17, 15) is 4.79 Å². The Morgan fingerprint density at radius 3 is 2.72 bits per heavy atom. The lowest BCUT2D eigenvalue weighted by atomic mass is 10.2. The van der Waals surface area contributed by atoms with Crippen LogP contribution in [0.25, 0.3) is 10.2 Å². The minimum atomic E-state index is 0.125. The summed E-state index contributed by atoms with van der Waals surface area (Å²) in [7, 11) is 0. The molecule has 0 radical (unpaired) electrons. The standard InChI is InChI=1S/C19H18BrN3OS/c20-15-5-3-4-14(12-15)19(24)23-10-8-22(9-11-23)13-18-21-16-6-1-2-7-17(16)25-18/h1-7,12H,8-11,13H2/p+1. The van der Waals surface area contributed by atoms with Crippen LogP contribution in [0.3, 0.4) is 0 Å². The zero-order valence-electron chi connectivity index (χ0n) is 13.7. The van der Waals surface area contributed by atoms with E-state index in [0.717, 1.165) is 48.3 Å². The Balaban J connectivity index is 1.37. The van der Waals surface area contributed by atoms with Gasteiger partial charge in [-0.15, -0.1) is 11.3 Å². The van der Waals surface area contributed by atoms with E-state index < -0.39 is 0 Å². The third kappa shape index (κ3) is 3.76. The number of quaternary nitrogens is 1. The van der Waals surface area contributed by atoms with Crippen LogP contribution in [0.1, 0.15) is 15.4 Å². The predicted octanol–water partition coefficient (Wildman–Crippen LogP) is 2.60. The fraction of sp³-hybridized carbons (Fsp3) is 0.263. The number of nitrogens with one attached hydrogen (secondary N) is 1. The molecule has 0 unspecified atom stereocenters. The van der Waals surface area contributed by atoms with Gasteiger partial charge in [0.1, 0.15) is 11.6 Å². The van der Waals surface area contributed by atoms with Gasteiger partial charge in [-0.25, -0.2) is 4.98 Å². The molecule has 4 rings (SSSR count). The summed E-state index contributed by atoms with van der Waals surface area (Å²) in [4.78, 5) is 20.8. The van der Waals surface area contributed by atoms with Gasteiger partial charge in [0, 0.05) is 10.0 Å². The summed E-state index contributed by atoms with van der Waals surface area (Å²) in [6.45, 7) is 4.47. The molecule has 1 aliphatic heterocycles. The number of fused-ring (bicyclic) bond motifs is 1. The Labute approximate surface area is 159 Å². The number of piperazine rings is 1. The third-order valence-corrected chi connectivity index (χ3v) is 6.10. The van der Waals surface area contributed by atoms with Crippen LogP contribution in [-0.2, 0) is 6.54 Å². The summed E-state index contributed by atoms with van der Waals surface area (Å²) in [6, 6.07) is 15.9. The van der Waals surface area contributed by atoms with Crippen molar-refractivity contribution in [2.24, 2.45) is 0 Å². The van der Waals surface area contributed by atoms with E-state index in [2.05, 4.69) is 34.1 Å². The minimum Gasteiger partial charge on any atom is -0.327 e. The number of carbonyl (C=O) groups excluding carboxylic acids is 1. The molecule has 128 valence electrons. The fourth-order valence-electron chi connectivity index (χ4n) is 3.22. The summed E-state index contributed by atoms with van der Waals surface area (Å²) in [5, 5.41) is 1.18. The molecule has 0 bridgehead atoms. The molecule has 4 nitrogen and oxygen atoms in total. The zero-order chi connectivity index (χ0) is 17.2. The van der Waals surface area contributed by atoms with Crippen molar-refractivity contribution in [1.29, 1.82) is 0 Å². The quantitative estimate of drug-likeness (QED) is 0.712. The molecule has 3 aromatic rings. The summed E-state index contributed by atoms with van der Waals surface area (Å²) >= 11 is 5.21. The van der Waals surface area contributed by atoms with E-state index in [1.807, 2.05) is 35.2 Å². The van der Waals surface area contributed by atoms with E-state index in [4.69, 9.17) is 4.98 Å². The first kappa shape index (κ1) is 16.7. The molecular weight excluding hydrogens is 398 g/mol. The maximum Gasteiger partial charge on any atom is 0.254 e. The maximum atomic E-state index is 12.6. The van der Waals surface area contributed by atoms with Crippen LogP contribution in [0.15, 0.2) is 53.0 Å². The van der Waals surface area contributed by atoms with Crippen molar-refractivity contribution < 1.29 is 9.69 Å². The van der Waals surface area contributed by atoms with E-state index in [0.29, 0.717) is 0 Å². The normalized spacial score (nSPS) is 15.6. The van der Waals surface area contributed by atoms with E-state index in [-0.39, 0.29) is 5.91 Å². The lowest BCUT2D eigenvalue weighted by Crippen LogP contribution is -3.13. The number of amides is 1. The molecule has 1 fully saturated rings. The first-order valence-corrected chi connectivity index (χ1v) is 10.0. The second-order valence-corrected chi connectivity index (χ2v) is 8.34. The topological polar surface area (TPSA) is 37.6 Å². The molecule has 1 N–H and O–H groups in total. The number of hydrogen-bond acceptors (Lipinski definition) is 3. The van der Waals surface area contributed by atoms with Crippen molar-refractivity contribution in [1.82, 2.24) is 9.88 Å². The second-order valence-electron chi connectivity index (χ2n) is 6.30. The summed E-state index contributed by atoms with van der Waals surface area (Å²) in [5.74, 6) is 0.125. The Morgan fingerprint density at radius 2 is 1.96 bits per heavy atom. The van der Waals surface area contributed by atoms with Gasteiger partial charge >= 0.3 is 0 Å². The van der Waals surface area contributed by atoms with Gasteiger partial charge in [-0.1, -0.05) is 34.1 Å². The number of para-hydroxylation sites is 1. The SMILES string of the molecule is O=C(c1cccc(Br)c1)N1CC[NH+](Cc2nc3ccccc3s2)CC1. The molecule has 2 heterocycles. The molecule has 1 amide bonds. The zero-order valence-corrected chi connectivity index (χ0v) is 16.1. The summed E-state index contributed by atoms with van der Waals surface area (Å²) < 4.78 is 2.19. The number of carbonyl (C=O) groups is 1. The Hall–Kier alpha value is -1.76. The van der Waals surface area contributed by atoms with Crippen molar-refractivity contribution in [3.8, 4) is 0 Å². The molecular formula is C19H19BrN3OS+. The summed E-state index contributed by atoms with van der Waals surface area (Å²) in [6.07, 6.45) is 0. The van der Waals surface area contributed by atoms with Crippen molar-refractivity contribution in [3.63, 3.8) is 0 Å². The highest BCUT2D eigenvalue weighted by Gasteiger charge is 2.25. The molecule has 6 heteroatoms. The third-order valence-electron chi connectivity index (χ3n) is 4.57. The van der Waals surface area contributed by atoms with Crippen LogP contribution in [0.5, 0.6) is 0 Å². The molecule has 0 atom stereocenters. The predicted molar refractivity (Wildman–Crippen MR) is 104 cm³/mol. The maximum absolute atomic E-state index is 12.6. The lowest BCUT2D eigenvalue weighted by molar-refractivity contribution is -0.917. The van der Waals surface area contributed by atoms with Crippen LogP contribution in [0, 0.1) is 0 Å². The van der Waals surface area contributed by atoms with Crippen LogP contribution in [0.2, 0.25) is 0 Å². The van der Waals surface area contributed by atoms with Crippen LogP contribution in [0.4, 0.5) is 0 Å². The molecule has 0 aliphatic carbocycles. The van der Waals surface area contributed by atoms with Crippen molar-refractivity contribution in [2.75, 3.05) is 26.2 Å². The van der Waals surface area contributed by atoms with Gasteiger partial charge in [-0.05, 0) is 30.3 Å². The highest BCUT2D eigenvalue weighted by Crippen LogP contribution is 2.20. The van der Waals surface area contributed by atoms with Gasteiger partial charge in [0.25, 0.3) is 5.91 Å². The number of hydrogen-bond donors (Lipinski definition) is 1.